The van der Waals surface area contributed by atoms with Crippen LogP contribution in [0.2, 0.25) is 0 Å². The lowest BCUT2D eigenvalue weighted by atomic mass is 9.99. The predicted molar refractivity (Wildman–Crippen MR) is 130 cm³/mol. The van der Waals surface area contributed by atoms with Gasteiger partial charge in [0.1, 0.15) is 0 Å². The van der Waals surface area contributed by atoms with Crippen molar-refractivity contribution in [3.05, 3.63) is 17.5 Å². The molecule has 0 aliphatic heterocycles. The quantitative estimate of drug-likeness (QED) is 0.135. The van der Waals surface area contributed by atoms with Crippen LogP contribution in [0.1, 0.15) is 95.4 Å². The molecule has 2 N–H and O–H groups in total. The molecule has 29 heavy (non-hydrogen) atoms. The van der Waals surface area contributed by atoms with E-state index in [9.17, 15) is 0 Å². The first-order chi connectivity index (χ1) is 13.8. The van der Waals surface area contributed by atoms with Crippen molar-refractivity contribution in [2.75, 3.05) is 20.2 Å². The topological polar surface area (TPSA) is 71.7 Å². The zero-order valence-corrected chi connectivity index (χ0v) is 20.9. The van der Waals surface area contributed by atoms with Gasteiger partial charge in [-0.15, -0.1) is 24.0 Å². The summed E-state index contributed by atoms with van der Waals surface area (Å²) in [5, 5.41) is 10.9. The van der Waals surface area contributed by atoms with Gasteiger partial charge in [-0.1, -0.05) is 44.7 Å². The molecule has 0 saturated heterocycles. The van der Waals surface area contributed by atoms with Crippen LogP contribution in [0.4, 0.5) is 0 Å². The second kappa shape index (κ2) is 15.9. The Morgan fingerprint density at radius 3 is 2.55 bits per heavy atom. The SMILES string of the molecule is CCC(CC)c1cc(CNC(=NC)NCCCCOC2CCCCCC2)on1.I. The van der Waals surface area contributed by atoms with Crippen LogP contribution in [-0.4, -0.2) is 37.4 Å². The molecule has 1 aromatic rings. The van der Waals surface area contributed by atoms with Gasteiger partial charge in [0.2, 0.25) is 0 Å². The number of nitrogens with zero attached hydrogens (tertiary/aromatic N) is 2. The minimum atomic E-state index is 0. The number of aromatic nitrogens is 1. The molecule has 1 fully saturated rings. The molecule has 168 valence electrons. The van der Waals surface area contributed by atoms with E-state index in [4.69, 9.17) is 9.26 Å². The molecule has 0 amide bonds. The lowest BCUT2D eigenvalue weighted by molar-refractivity contribution is 0.0411. The van der Waals surface area contributed by atoms with Crippen molar-refractivity contribution >= 4 is 29.9 Å². The van der Waals surface area contributed by atoms with Crippen LogP contribution in [-0.2, 0) is 11.3 Å². The molecule has 0 atom stereocenters. The number of rotatable bonds is 11. The molecule has 0 radical (unpaired) electrons. The van der Waals surface area contributed by atoms with Gasteiger partial charge in [0, 0.05) is 32.2 Å². The number of hydrogen-bond donors (Lipinski definition) is 2. The van der Waals surface area contributed by atoms with E-state index >= 15 is 0 Å². The van der Waals surface area contributed by atoms with E-state index < -0.39 is 0 Å². The number of unbranched alkanes of at least 4 members (excludes halogenated alkanes) is 1. The summed E-state index contributed by atoms with van der Waals surface area (Å²) in [6.45, 7) is 6.73. The lowest BCUT2D eigenvalue weighted by Crippen LogP contribution is -2.37. The van der Waals surface area contributed by atoms with Gasteiger partial charge in [-0.25, -0.2) is 0 Å². The molecule has 2 rings (SSSR count). The smallest absolute Gasteiger partial charge is 0.191 e. The van der Waals surface area contributed by atoms with Crippen LogP contribution < -0.4 is 10.6 Å². The lowest BCUT2D eigenvalue weighted by Gasteiger charge is -2.15. The molecule has 6 nitrogen and oxygen atoms in total. The van der Waals surface area contributed by atoms with Crippen molar-refractivity contribution in [2.45, 2.75) is 96.6 Å². The summed E-state index contributed by atoms with van der Waals surface area (Å²) in [4.78, 5) is 4.28. The average molecular weight is 521 g/mol. The van der Waals surface area contributed by atoms with Gasteiger partial charge in [0.15, 0.2) is 11.7 Å². The molecule has 0 bridgehead atoms. The van der Waals surface area contributed by atoms with E-state index in [-0.39, 0.29) is 24.0 Å². The first-order valence-electron chi connectivity index (χ1n) is 11.3. The van der Waals surface area contributed by atoms with E-state index in [2.05, 4.69) is 40.7 Å². The first kappa shape index (κ1) is 26.2. The summed E-state index contributed by atoms with van der Waals surface area (Å²) in [5.74, 6) is 2.13. The molecule has 1 saturated carbocycles. The fourth-order valence-electron chi connectivity index (χ4n) is 3.80. The van der Waals surface area contributed by atoms with Crippen LogP contribution >= 0.6 is 24.0 Å². The Kier molecular flexibility index (Phi) is 14.4. The Bertz CT molecular complexity index is 553. The summed E-state index contributed by atoms with van der Waals surface area (Å²) >= 11 is 0. The van der Waals surface area contributed by atoms with Crippen molar-refractivity contribution in [3.8, 4) is 0 Å². The number of hydrogen-bond acceptors (Lipinski definition) is 4. The van der Waals surface area contributed by atoms with E-state index in [1.54, 1.807) is 7.05 Å². The maximum atomic E-state index is 6.05. The van der Waals surface area contributed by atoms with Gasteiger partial charge >= 0.3 is 0 Å². The fourth-order valence-corrected chi connectivity index (χ4v) is 3.80. The molecule has 0 unspecified atom stereocenters. The third-order valence-electron chi connectivity index (χ3n) is 5.65. The number of halogens is 1. The standard InChI is InChI=1S/C22H40N4O2.HI/c1-4-18(5-2)21-16-20(28-26-21)17-25-22(23-3)24-14-10-11-15-27-19-12-8-6-7-9-13-19;/h16,18-19H,4-15,17H2,1-3H3,(H2,23,24,25);1H. The van der Waals surface area contributed by atoms with Gasteiger partial charge in [0.05, 0.1) is 18.3 Å². The van der Waals surface area contributed by atoms with Crippen molar-refractivity contribution in [2.24, 2.45) is 4.99 Å². The van der Waals surface area contributed by atoms with Gasteiger partial charge in [0.25, 0.3) is 0 Å². The molecule has 1 aliphatic rings. The second-order valence-corrected chi connectivity index (χ2v) is 7.78. The minimum absolute atomic E-state index is 0. The summed E-state index contributed by atoms with van der Waals surface area (Å²) in [6, 6.07) is 2.06. The third-order valence-corrected chi connectivity index (χ3v) is 5.65. The van der Waals surface area contributed by atoms with Crippen molar-refractivity contribution < 1.29 is 9.26 Å². The molecular weight excluding hydrogens is 479 g/mol. The summed E-state index contributed by atoms with van der Waals surface area (Å²) in [7, 11) is 1.79. The van der Waals surface area contributed by atoms with E-state index in [1.807, 2.05) is 0 Å². The van der Waals surface area contributed by atoms with Crippen LogP contribution in [0.25, 0.3) is 0 Å². The zero-order chi connectivity index (χ0) is 20.0. The summed E-state index contributed by atoms with van der Waals surface area (Å²) in [6.07, 6.45) is 12.7. The number of aliphatic imine (C=N–C) groups is 1. The number of nitrogens with one attached hydrogen (secondary N) is 2. The predicted octanol–water partition coefficient (Wildman–Crippen LogP) is 5.38. The Balaban J connectivity index is 0.00000420. The fraction of sp³-hybridized carbons (Fsp3) is 0.818. The zero-order valence-electron chi connectivity index (χ0n) is 18.5. The molecular formula is C22H41IN4O2. The maximum absolute atomic E-state index is 6.05. The maximum Gasteiger partial charge on any atom is 0.191 e. The van der Waals surface area contributed by atoms with E-state index in [0.29, 0.717) is 18.6 Å². The molecule has 0 spiro atoms. The van der Waals surface area contributed by atoms with Crippen molar-refractivity contribution in [1.29, 1.82) is 0 Å². The Morgan fingerprint density at radius 2 is 1.90 bits per heavy atom. The van der Waals surface area contributed by atoms with Crippen LogP contribution in [0.5, 0.6) is 0 Å². The van der Waals surface area contributed by atoms with Gasteiger partial charge in [-0.3, -0.25) is 4.99 Å². The largest absolute Gasteiger partial charge is 0.378 e. The van der Waals surface area contributed by atoms with E-state index in [0.717, 1.165) is 56.2 Å². The highest BCUT2D eigenvalue weighted by Gasteiger charge is 2.13. The first-order valence-corrected chi connectivity index (χ1v) is 11.3. The van der Waals surface area contributed by atoms with Crippen LogP contribution in [0, 0.1) is 0 Å². The highest BCUT2D eigenvalue weighted by Crippen LogP contribution is 2.22. The third kappa shape index (κ3) is 10.2. The normalized spacial score (nSPS) is 15.8. The number of ether oxygens (including phenoxy) is 1. The summed E-state index contributed by atoms with van der Waals surface area (Å²) < 4.78 is 11.5. The molecule has 1 aliphatic carbocycles. The Labute approximate surface area is 194 Å². The van der Waals surface area contributed by atoms with E-state index in [1.165, 1.54) is 38.5 Å². The summed E-state index contributed by atoms with van der Waals surface area (Å²) in [5.41, 5.74) is 1.05. The van der Waals surface area contributed by atoms with Gasteiger partial charge < -0.3 is 19.9 Å². The number of guanidine groups is 1. The highest BCUT2D eigenvalue weighted by atomic mass is 127. The monoisotopic (exact) mass is 520 g/mol. The van der Waals surface area contributed by atoms with Crippen LogP contribution in [0.15, 0.2) is 15.6 Å². The van der Waals surface area contributed by atoms with Gasteiger partial charge in [-0.2, -0.15) is 0 Å². The van der Waals surface area contributed by atoms with Crippen molar-refractivity contribution in [1.82, 2.24) is 15.8 Å². The molecule has 1 aromatic heterocycles. The molecule has 0 aromatic carbocycles. The Hall–Kier alpha value is -0.830. The minimum Gasteiger partial charge on any atom is -0.378 e. The molecule has 1 heterocycles. The average Bonchev–Trinajstić information content (AvgIpc) is 3.02. The Morgan fingerprint density at radius 1 is 1.17 bits per heavy atom. The van der Waals surface area contributed by atoms with Gasteiger partial charge in [-0.05, 0) is 38.5 Å². The highest BCUT2D eigenvalue weighted by molar-refractivity contribution is 14.0. The van der Waals surface area contributed by atoms with Crippen LogP contribution in [0.3, 0.4) is 0 Å². The van der Waals surface area contributed by atoms with Crippen molar-refractivity contribution in [3.63, 3.8) is 0 Å². The second-order valence-electron chi connectivity index (χ2n) is 7.78. The molecule has 7 heteroatoms.